The molecule has 1 atom stereocenters. The number of rotatable bonds is 5. The second-order valence-corrected chi connectivity index (χ2v) is 4.55. The average Bonchev–Trinajstić information content (AvgIpc) is 2.57. The van der Waals surface area contributed by atoms with Gasteiger partial charge in [-0.05, 0) is 25.5 Å². The molecule has 0 aliphatic rings. The lowest BCUT2D eigenvalue weighted by Crippen LogP contribution is -2.16. The Labute approximate surface area is 137 Å². The molecule has 0 fully saturated rings. The molecule has 2 aromatic carbocycles. The van der Waals surface area contributed by atoms with Crippen LogP contribution in [0.2, 0.25) is 0 Å². The minimum absolute atomic E-state index is 0.328. The molecule has 1 N–H and O–H groups in total. The summed E-state index contributed by atoms with van der Waals surface area (Å²) < 4.78 is 9.58. The maximum Gasteiger partial charge on any atom is 0.332 e. The van der Waals surface area contributed by atoms with Crippen molar-refractivity contribution in [1.29, 1.82) is 0 Å². The molecule has 0 saturated heterocycles. The van der Waals surface area contributed by atoms with Gasteiger partial charge in [-0.15, -0.1) is 0 Å². The summed E-state index contributed by atoms with van der Waals surface area (Å²) in [6.45, 7) is 7.27. The predicted octanol–water partition coefficient (Wildman–Crippen LogP) is 4.16. The first kappa shape index (κ1) is 18.5. The molecular formula is C19H22O4. The zero-order chi connectivity index (χ0) is 17.1. The van der Waals surface area contributed by atoms with E-state index in [4.69, 9.17) is 4.74 Å². The minimum atomic E-state index is -0.476. The van der Waals surface area contributed by atoms with E-state index in [1.54, 1.807) is 13.0 Å². The maximum atomic E-state index is 10.5. The lowest BCUT2D eigenvalue weighted by Gasteiger charge is -2.10. The van der Waals surface area contributed by atoms with Crippen molar-refractivity contribution < 1.29 is 19.4 Å². The van der Waals surface area contributed by atoms with E-state index in [9.17, 15) is 9.90 Å². The third-order valence-electron chi connectivity index (χ3n) is 2.84. The molecule has 0 radical (unpaired) electrons. The molecule has 4 nitrogen and oxygen atoms in total. The number of carbonyl (C=O) groups excluding carboxylic acids is 1. The van der Waals surface area contributed by atoms with Crippen molar-refractivity contribution in [3.8, 4) is 16.9 Å². The van der Waals surface area contributed by atoms with Crippen LogP contribution in [0.4, 0.5) is 0 Å². The summed E-state index contributed by atoms with van der Waals surface area (Å²) in [5.41, 5.74) is 1.92. The van der Waals surface area contributed by atoms with Crippen molar-refractivity contribution in [1.82, 2.24) is 0 Å². The topological polar surface area (TPSA) is 55.8 Å². The van der Waals surface area contributed by atoms with E-state index in [2.05, 4.69) is 11.3 Å². The van der Waals surface area contributed by atoms with Crippen LogP contribution in [0, 0.1) is 0 Å². The van der Waals surface area contributed by atoms with E-state index in [1.165, 1.54) is 0 Å². The highest BCUT2D eigenvalue weighted by Crippen LogP contribution is 2.27. The van der Waals surface area contributed by atoms with Gasteiger partial charge in [-0.3, -0.25) is 0 Å². The quantitative estimate of drug-likeness (QED) is 0.511. The van der Waals surface area contributed by atoms with Gasteiger partial charge in [0.2, 0.25) is 0 Å². The number of para-hydroxylation sites is 1. The normalized spacial score (nSPS) is 10.9. The Morgan fingerprint density at radius 3 is 2.35 bits per heavy atom. The fourth-order valence-corrected chi connectivity index (χ4v) is 1.82. The van der Waals surface area contributed by atoms with Crippen LogP contribution in [0.25, 0.3) is 11.1 Å². The Bertz CT molecular complexity index is 608. The van der Waals surface area contributed by atoms with Gasteiger partial charge in [-0.25, -0.2) is 4.79 Å². The van der Waals surface area contributed by atoms with E-state index in [-0.39, 0.29) is 0 Å². The summed E-state index contributed by atoms with van der Waals surface area (Å²) in [4.78, 5) is 10.5. The molecule has 2 aromatic rings. The van der Waals surface area contributed by atoms with Crippen molar-refractivity contribution in [2.24, 2.45) is 0 Å². The van der Waals surface area contributed by atoms with Crippen molar-refractivity contribution in [3.05, 3.63) is 67.3 Å². The first-order valence-corrected chi connectivity index (χ1v) is 7.36. The van der Waals surface area contributed by atoms with Gasteiger partial charge in [0.15, 0.2) is 6.29 Å². The number of hydrogen-bond donors (Lipinski definition) is 1. The van der Waals surface area contributed by atoms with Gasteiger partial charge in [0.1, 0.15) is 5.75 Å². The molecule has 23 heavy (non-hydrogen) atoms. The van der Waals surface area contributed by atoms with Gasteiger partial charge in [0.05, 0.1) is 0 Å². The molecule has 122 valence electrons. The summed E-state index contributed by atoms with van der Waals surface area (Å²) in [7, 11) is 0. The Kier molecular flexibility index (Phi) is 8.18. The lowest BCUT2D eigenvalue weighted by molar-refractivity contribution is -0.167. The number of phenolic OH excluding ortho intramolecular Hbond substituents is 1. The van der Waals surface area contributed by atoms with Gasteiger partial charge >= 0.3 is 5.97 Å². The summed E-state index contributed by atoms with van der Waals surface area (Å²) in [6.07, 6.45) is 0.630. The number of carbonyl (C=O) groups is 1. The van der Waals surface area contributed by atoms with Gasteiger partial charge in [-0.1, -0.05) is 55.1 Å². The SMILES string of the molecule is C=CC(=O)OC(C)OCC.Oc1ccccc1-c1ccccc1. The second-order valence-electron chi connectivity index (χ2n) is 4.55. The Hall–Kier alpha value is -2.59. The average molecular weight is 314 g/mol. The number of esters is 1. The molecule has 0 bridgehead atoms. The predicted molar refractivity (Wildman–Crippen MR) is 90.9 cm³/mol. The number of benzene rings is 2. The molecule has 4 heteroatoms. The van der Waals surface area contributed by atoms with Crippen LogP contribution in [-0.4, -0.2) is 24.0 Å². The molecule has 0 aliphatic heterocycles. The monoisotopic (exact) mass is 314 g/mol. The minimum Gasteiger partial charge on any atom is -0.507 e. The number of hydrogen-bond acceptors (Lipinski definition) is 4. The summed E-state index contributed by atoms with van der Waals surface area (Å²) in [6, 6.07) is 17.2. The fraction of sp³-hybridized carbons (Fsp3) is 0.211. The largest absolute Gasteiger partial charge is 0.507 e. The van der Waals surface area contributed by atoms with Crippen molar-refractivity contribution >= 4 is 5.97 Å². The number of phenols is 1. The van der Waals surface area contributed by atoms with E-state index in [0.717, 1.165) is 17.2 Å². The molecule has 0 saturated carbocycles. The third-order valence-corrected chi connectivity index (χ3v) is 2.84. The fourth-order valence-electron chi connectivity index (χ4n) is 1.82. The molecule has 0 amide bonds. The van der Waals surface area contributed by atoms with Crippen molar-refractivity contribution in [3.63, 3.8) is 0 Å². The standard InChI is InChI=1S/C12H10O.C7H12O3/c13-12-9-5-4-8-11(12)10-6-2-1-3-7-10;1-4-7(8)10-6(3)9-5-2/h1-9,13H;4,6H,1,5H2,2-3H3. The van der Waals surface area contributed by atoms with Crippen LogP contribution < -0.4 is 0 Å². The smallest absolute Gasteiger partial charge is 0.332 e. The lowest BCUT2D eigenvalue weighted by atomic mass is 10.1. The van der Waals surface area contributed by atoms with Gasteiger partial charge in [0.25, 0.3) is 0 Å². The summed E-state index contributed by atoms with van der Waals surface area (Å²) >= 11 is 0. The Morgan fingerprint density at radius 2 is 1.78 bits per heavy atom. The van der Waals surface area contributed by atoms with Crippen LogP contribution in [0.3, 0.4) is 0 Å². The van der Waals surface area contributed by atoms with Crippen molar-refractivity contribution in [2.75, 3.05) is 6.61 Å². The molecular weight excluding hydrogens is 292 g/mol. The summed E-state index contributed by atoms with van der Waals surface area (Å²) in [5.74, 6) is -0.130. The van der Waals surface area contributed by atoms with Gasteiger partial charge in [0, 0.05) is 18.2 Å². The number of ether oxygens (including phenoxy) is 2. The molecule has 2 rings (SSSR count). The van der Waals surface area contributed by atoms with Crippen LogP contribution in [0.5, 0.6) is 5.75 Å². The third kappa shape index (κ3) is 6.80. The van der Waals surface area contributed by atoms with E-state index < -0.39 is 12.3 Å². The Morgan fingerprint density at radius 1 is 1.17 bits per heavy atom. The van der Waals surface area contributed by atoms with E-state index >= 15 is 0 Å². The first-order valence-electron chi connectivity index (χ1n) is 7.36. The van der Waals surface area contributed by atoms with Crippen LogP contribution in [0.1, 0.15) is 13.8 Å². The summed E-state index contributed by atoms with van der Waals surface area (Å²) in [5, 5.41) is 9.56. The molecule has 0 heterocycles. The van der Waals surface area contributed by atoms with Gasteiger partial charge in [-0.2, -0.15) is 0 Å². The molecule has 0 aromatic heterocycles. The highest BCUT2D eigenvalue weighted by Gasteiger charge is 2.03. The van der Waals surface area contributed by atoms with E-state index in [1.807, 2.05) is 55.5 Å². The van der Waals surface area contributed by atoms with Crippen LogP contribution in [0.15, 0.2) is 67.3 Å². The number of aromatic hydroxyl groups is 1. The van der Waals surface area contributed by atoms with Crippen molar-refractivity contribution in [2.45, 2.75) is 20.1 Å². The van der Waals surface area contributed by atoms with Gasteiger partial charge < -0.3 is 14.6 Å². The maximum absolute atomic E-state index is 10.5. The molecule has 1 unspecified atom stereocenters. The zero-order valence-corrected chi connectivity index (χ0v) is 13.4. The van der Waals surface area contributed by atoms with E-state index in [0.29, 0.717) is 12.4 Å². The zero-order valence-electron chi connectivity index (χ0n) is 13.4. The second kappa shape index (κ2) is 10.2. The first-order chi connectivity index (χ1) is 11.1. The highest BCUT2D eigenvalue weighted by atomic mass is 16.7. The molecule has 0 aliphatic carbocycles. The van der Waals surface area contributed by atoms with Crippen LogP contribution in [-0.2, 0) is 14.3 Å². The molecule has 0 spiro atoms. The highest BCUT2D eigenvalue weighted by molar-refractivity contribution is 5.81. The van der Waals surface area contributed by atoms with Crippen LogP contribution >= 0.6 is 0 Å². The Balaban J connectivity index is 0.000000241.